The number of rotatable bonds is 4. The number of carbonyl (C=O) groups excluding carboxylic acids is 2. The van der Waals surface area contributed by atoms with Gasteiger partial charge in [-0.1, -0.05) is 0 Å². The lowest BCUT2D eigenvalue weighted by Gasteiger charge is -2.03. The zero-order valence-electron chi connectivity index (χ0n) is 13.6. The predicted octanol–water partition coefficient (Wildman–Crippen LogP) is -0.409. The van der Waals surface area contributed by atoms with E-state index >= 15 is 0 Å². The fourth-order valence-corrected chi connectivity index (χ4v) is 2.52. The molecule has 0 saturated heterocycles. The van der Waals surface area contributed by atoms with Crippen molar-refractivity contribution in [2.24, 2.45) is 7.05 Å². The predicted molar refractivity (Wildman–Crippen MR) is 78.3 cm³/mol. The van der Waals surface area contributed by atoms with Gasteiger partial charge in [0.25, 0.3) is 17.9 Å². The van der Waals surface area contributed by atoms with Crippen LogP contribution in [0.15, 0.2) is 12.4 Å². The van der Waals surface area contributed by atoms with Crippen LogP contribution in [-0.2, 0) is 23.1 Å². The number of aromatic nitrogens is 3. The number of carbonyl (C=O) groups is 2. The number of ether oxygens (including phenoxy) is 1. The molecule has 2 rings (SSSR count). The third-order valence-electron chi connectivity index (χ3n) is 3.71. The zero-order valence-corrected chi connectivity index (χ0v) is 13.6. The fourth-order valence-electron chi connectivity index (χ4n) is 2.52. The van der Waals surface area contributed by atoms with E-state index in [9.17, 15) is 9.59 Å². The highest BCUT2D eigenvalue weighted by Crippen LogP contribution is 2.08. The van der Waals surface area contributed by atoms with Gasteiger partial charge in [-0.25, -0.2) is 9.13 Å². The van der Waals surface area contributed by atoms with Crippen molar-refractivity contribution < 1.29 is 23.5 Å². The Kier molecular flexibility index (Phi) is 4.44. The first-order chi connectivity index (χ1) is 10.4. The Labute approximate surface area is 129 Å². The van der Waals surface area contributed by atoms with Crippen molar-refractivity contribution in [2.45, 2.75) is 27.3 Å². The van der Waals surface area contributed by atoms with Gasteiger partial charge in [0.15, 0.2) is 0 Å². The molecule has 0 saturated carbocycles. The quantitative estimate of drug-likeness (QED) is 0.617. The van der Waals surface area contributed by atoms with Gasteiger partial charge in [-0.3, -0.25) is 9.59 Å². The third kappa shape index (κ3) is 2.79. The van der Waals surface area contributed by atoms with Gasteiger partial charge in [0.2, 0.25) is 0 Å². The highest BCUT2D eigenvalue weighted by Gasteiger charge is 2.30. The van der Waals surface area contributed by atoms with E-state index in [1.165, 1.54) is 6.92 Å². The van der Waals surface area contributed by atoms with Crippen LogP contribution in [-0.4, -0.2) is 29.9 Å². The van der Waals surface area contributed by atoms with E-state index in [0.717, 1.165) is 17.0 Å². The molecular weight excluding hydrogens is 284 g/mol. The lowest BCUT2D eigenvalue weighted by atomic mass is 10.3. The Morgan fingerprint density at radius 1 is 1.36 bits per heavy atom. The molecule has 118 valence electrons. The fraction of sp³-hybridized carbons (Fsp3) is 0.467. The van der Waals surface area contributed by atoms with E-state index in [2.05, 4.69) is 11.4 Å². The number of hydrogen-bond donors (Lipinski definition) is 1. The standard InChI is InChI=1S/C15H21N4O3/c1-10-8-11(2)19-9-18(6-7-22-12(3)20)13(14(21)16-4)15(19)17(10)5/h8-9H,6-7H2,1-5H3/q+1/p+1. The van der Waals surface area contributed by atoms with Gasteiger partial charge in [-0.2, -0.15) is 4.40 Å². The van der Waals surface area contributed by atoms with Crippen LogP contribution in [0.25, 0.3) is 5.65 Å². The van der Waals surface area contributed by atoms with Crippen LogP contribution >= 0.6 is 0 Å². The largest absolute Gasteiger partial charge is 0.462 e. The summed E-state index contributed by atoms with van der Waals surface area (Å²) in [7, 11) is 3.53. The second-order valence-corrected chi connectivity index (χ2v) is 5.26. The molecule has 0 aliphatic carbocycles. The number of aryl methyl sites for hydroxylation is 3. The van der Waals surface area contributed by atoms with Crippen LogP contribution < -0.4 is 14.5 Å². The number of nitrogens with one attached hydrogen (secondary N) is 1. The summed E-state index contributed by atoms with van der Waals surface area (Å²) in [6.45, 7) is 6.00. The monoisotopic (exact) mass is 306 g/mol. The van der Waals surface area contributed by atoms with Crippen LogP contribution in [0, 0.1) is 13.8 Å². The van der Waals surface area contributed by atoms with Crippen molar-refractivity contribution in [1.82, 2.24) is 9.72 Å². The van der Waals surface area contributed by atoms with Crippen LogP contribution in [0.2, 0.25) is 0 Å². The van der Waals surface area contributed by atoms with Crippen molar-refractivity contribution in [2.75, 3.05) is 13.7 Å². The van der Waals surface area contributed by atoms with E-state index in [0.29, 0.717) is 12.2 Å². The summed E-state index contributed by atoms with van der Waals surface area (Å²) in [6, 6.07) is 2.05. The maximum atomic E-state index is 12.3. The number of fused-ring (bicyclic) bond motifs is 1. The Morgan fingerprint density at radius 3 is 2.64 bits per heavy atom. The van der Waals surface area contributed by atoms with E-state index in [1.807, 2.05) is 40.8 Å². The molecule has 7 nitrogen and oxygen atoms in total. The molecule has 0 radical (unpaired) electrons. The maximum Gasteiger partial charge on any atom is 0.342 e. The molecule has 0 atom stereocenters. The summed E-state index contributed by atoms with van der Waals surface area (Å²) >= 11 is 0. The second-order valence-electron chi connectivity index (χ2n) is 5.26. The molecule has 0 aromatic carbocycles. The van der Waals surface area contributed by atoms with Crippen LogP contribution in [0.3, 0.4) is 0 Å². The average Bonchev–Trinajstić information content (AvgIpc) is 2.84. The number of nitrogens with zero attached hydrogens (tertiary/aromatic N) is 3. The van der Waals surface area contributed by atoms with E-state index in [1.54, 1.807) is 7.05 Å². The average molecular weight is 306 g/mol. The minimum atomic E-state index is -0.330. The normalized spacial score (nSPS) is 10.8. The molecule has 0 bridgehead atoms. The van der Waals surface area contributed by atoms with Gasteiger partial charge < -0.3 is 10.1 Å². The van der Waals surface area contributed by atoms with Crippen molar-refractivity contribution in [3.05, 3.63) is 29.5 Å². The van der Waals surface area contributed by atoms with Gasteiger partial charge in [0.1, 0.15) is 24.5 Å². The first-order valence-electron chi connectivity index (χ1n) is 7.13. The molecule has 0 aliphatic heterocycles. The van der Waals surface area contributed by atoms with Gasteiger partial charge in [-0.15, -0.1) is 0 Å². The molecule has 0 unspecified atom stereocenters. The Hall–Kier alpha value is -2.44. The highest BCUT2D eigenvalue weighted by atomic mass is 16.5. The van der Waals surface area contributed by atoms with Gasteiger partial charge in [-0.05, 0) is 13.8 Å². The second kappa shape index (κ2) is 6.13. The van der Waals surface area contributed by atoms with Crippen LogP contribution in [0.5, 0.6) is 0 Å². The van der Waals surface area contributed by atoms with Gasteiger partial charge in [0, 0.05) is 20.0 Å². The third-order valence-corrected chi connectivity index (χ3v) is 3.71. The lowest BCUT2D eigenvalue weighted by Crippen LogP contribution is -2.44. The topological polar surface area (TPSA) is 67.6 Å². The molecule has 7 heteroatoms. The summed E-state index contributed by atoms with van der Waals surface area (Å²) in [5.74, 6) is -0.505. The molecule has 2 aromatic rings. The summed E-state index contributed by atoms with van der Waals surface area (Å²) in [5, 5.41) is 2.67. The molecule has 22 heavy (non-hydrogen) atoms. The lowest BCUT2D eigenvalue weighted by molar-refractivity contribution is -0.703. The van der Waals surface area contributed by atoms with Crippen molar-refractivity contribution in [3.63, 3.8) is 0 Å². The maximum absolute atomic E-state index is 12.3. The summed E-state index contributed by atoms with van der Waals surface area (Å²) in [5.41, 5.74) is 3.44. The first-order valence-corrected chi connectivity index (χ1v) is 7.13. The Morgan fingerprint density at radius 2 is 2.05 bits per heavy atom. The highest BCUT2D eigenvalue weighted by molar-refractivity contribution is 5.95. The Bertz CT molecular complexity index is 749. The van der Waals surface area contributed by atoms with Gasteiger partial charge >= 0.3 is 11.6 Å². The zero-order chi connectivity index (χ0) is 16.4. The number of esters is 1. The summed E-state index contributed by atoms with van der Waals surface area (Å²) in [4.78, 5) is 23.2. The minimum Gasteiger partial charge on any atom is -0.462 e. The SMILES string of the molecule is CNC(=O)c1c2n(c[n+]1CCOC(C)=O)c(C)cc(C)[n+]2C. The molecular formula is C15H22N4O3+2. The van der Waals surface area contributed by atoms with Crippen molar-refractivity contribution in [3.8, 4) is 0 Å². The molecule has 1 N–H and O–H groups in total. The molecule has 1 amide bonds. The van der Waals surface area contributed by atoms with E-state index < -0.39 is 0 Å². The molecule has 0 spiro atoms. The van der Waals surface area contributed by atoms with Crippen molar-refractivity contribution >= 4 is 17.5 Å². The van der Waals surface area contributed by atoms with E-state index in [4.69, 9.17) is 4.74 Å². The molecule has 0 aliphatic rings. The Balaban J connectivity index is 2.60. The van der Waals surface area contributed by atoms with Crippen molar-refractivity contribution in [1.29, 1.82) is 0 Å². The summed E-state index contributed by atoms with van der Waals surface area (Å²) < 4.78 is 10.7. The molecule has 0 fully saturated rings. The summed E-state index contributed by atoms with van der Waals surface area (Å²) in [6.07, 6.45) is 1.86. The van der Waals surface area contributed by atoms with Gasteiger partial charge in [0.05, 0.1) is 7.05 Å². The van der Waals surface area contributed by atoms with Crippen LogP contribution in [0.1, 0.15) is 28.8 Å². The smallest absolute Gasteiger partial charge is 0.342 e. The first kappa shape index (κ1) is 15.9. The van der Waals surface area contributed by atoms with E-state index in [-0.39, 0.29) is 18.5 Å². The number of hydrogen-bond acceptors (Lipinski definition) is 3. The number of imidazole rings is 1. The minimum absolute atomic E-state index is 0.175. The molecule has 2 heterocycles. The molecule has 2 aromatic heterocycles. The number of amides is 1. The van der Waals surface area contributed by atoms with Crippen LogP contribution in [0.4, 0.5) is 0 Å².